The van der Waals surface area contributed by atoms with Crippen molar-refractivity contribution in [2.75, 3.05) is 13.2 Å². The van der Waals surface area contributed by atoms with Gasteiger partial charge in [-0.25, -0.2) is 9.59 Å². The van der Waals surface area contributed by atoms with Crippen molar-refractivity contribution in [1.29, 1.82) is 0 Å². The van der Waals surface area contributed by atoms with E-state index >= 15 is 0 Å². The van der Waals surface area contributed by atoms with E-state index in [-0.39, 0.29) is 30.9 Å². The number of rotatable bonds is 8. The standard InChI is InChI=1S/C27H30N2O5/c1-26(24(31)32,17-11-12-17)29-23(30)27(13-6-14-27)16-28-25(33)34-15-22-20-9-4-2-7-18(20)19-8-3-5-10-21(19)22/h2-5,7-10,17,22H,6,11-16H2,1H3,(H,28,33)(H,29,30)(H,31,32). The first-order valence-electron chi connectivity index (χ1n) is 12.0. The van der Waals surface area contributed by atoms with Crippen LogP contribution in [0, 0.1) is 11.3 Å². The Labute approximate surface area is 198 Å². The molecule has 7 heteroatoms. The minimum absolute atomic E-state index is 0.0334. The van der Waals surface area contributed by atoms with Gasteiger partial charge in [0.1, 0.15) is 12.1 Å². The van der Waals surface area contributed by atoms with Crippen LogP contribution in [0.3, 0.4) is 0 Å². The summed E-state index contributed by atoms with van der Waals surface area (Å²) in [5, 5.41) is 15.2. The maximum Gasteiger partial charge on any atom is 0.407 e. The molecule has 0 bridgehead atoms. The predicted molar refractivity (Wildman–Crippen MR) is 126 cm³/mol. The zero-order chi connectivity index (χ0) is 23.9. The van der Waals surface area contributed by atoms with Crippen molar-refractivity contribution in [3.63, 3.8) is 0 Å². The number of carbonyl (C=O) groups excluding carboxylic acids is 2. The van der Waals surface area contributed by atoms with Crippen LogP contribution in [0.1, 0.15) is 56.1 Å². The summed E-state index contributed by atoms with van der Waals surface area (Å²) < 4.78 is 5.59. The number of hydrogen-bond acceptors (Lipinski definition) is 4. The number of carboxylic acid groups (broad SMARTS) is 1. The van der Waals surface area contributed by atoms with Gasteiger partial charge < -0.3 is 20.5 Å². The van der Waals surface area contributed by atoms with Gasteiger partial charge in [-0.2, -0.15) is 0 Å². The molecule has 0 aliphatic heterocycles. The van der Waals surface area contributed by atoms with Gasteiger partial charge in [-0.1, -0.05) is 55.0 Å². The Balaban J connectivity index is 1.20. The van der Waals surface area contributed by atoms with Crippen LogP contribution in [0.2, 0.25) is 0 Å². The maximum atomic E-state index is 13.1. The molecule has 0 aromatic heterocycles. The van der Waals surface area contributed by atoms with Crippen molar-refractivity contribution in [2.45, 2.75) is 50.5 Å². The molecule has 0 heterocycles. The fourth-order valence-electron chi connectivity index (χ4n) is 5.34. The summed E-state index contributed by atoms with van der Waals surface area (Å²) in [7, 11) is 0. The maximum absolute atomic E-state index is 13.1. The van der Waals surface area contributed by atoms with Crippen molar-refractivity contribution < 1.29 is 24.2 Å². The SMILES string of the molecule is CC(NC(=O)C1(CNC(=O)OCC2c3ccccc3-c3ccccc32)CCC1)(C(=O)O)C1CC1. The van der Waals surface area contributed by atoms with Gasteiger partial charge in [0.2, 0.25) is 5.91 Å². The molecule has 2 aromatic carbocycles. The minimum atomic E-state index is -1.26. The van der Waals surface area contributed by atoms with Crippen molar-refractivity contribution in [2.24, 2.45) is 11.3 Å². The summed E-state index contributed by atoms with van der Waals surface area (Å²) in [6, 6.07) is 16.3. The lowest BCUT2D eigenvalue weighted by atomic mass is 9.67. The number of carboxylic acids is 1. The smallest absolute Gasteiger partial charge is 0.407 e. The van der Waals surface area contributed by atoms with Crippen LogP contribution in [0.15, 0.2) is 48.5 Å². The molecular formula is C27H30N2O5. The van der Waals surface area contributed by atoms with Gasteiger partial charge in [-0.3, -0.25) is 4.79 Å². The second kappa shape index (κ2) is 8.46. The molecule has 2 aromatic rings. The Morgan fingerprint density at radius 3 is 2.12 bits per heavy atom. The molecule has 3 aliphatic carbocycles. The fourth-order valence-corrected chi connectivity index (χ4v) is 5.34. The lowest BCUT2D eigenvalue weighted by molar-refractivity contribution is -0.151. The highest BCUT2D eigenvalue weighted by molar-refractivity contribution is 5.91. The van der Waals surface area contributed by atoms with Gasteiger partial charge in [-0.05, 0) is 60.8 Å². The highest BCUT2D eigenvalue weighted by Crippen LogP contribution is 2.45. The van der Waals surface area contributed by atoms with Crippen molar-refractivity contribution >= 4 is 18.0 Å². The molecule has 5 rings (SSSR count). The van der Waals surface area contributed by atoms with Crippen LogP contribution in [-0.2, 0) is 14.3 Å². The number of hydrogen-bond donors (Lipinski definition) is 3. The molecule has 1 atom stereocenters. The van der Waals surface area contributed by atoms with E-state index in [1.165, 1.54) is 0 Å². The molecule has 3 aliphatic rings. The lowest BCUT2D eigenvalue weighted by Gasteiger charge is -2.42. The first-order valence-corrected chi connectivity index (χ1v) is 12.0. The summed E-state index contributed by atoms with van der Waals surface area (Å²) in [4.78, 5) is 37.5. The molecule has 2 fully saturated rings. The van der Waals surface area contributed by atoms with E-state index < -0.39 is 23.0 Å². The first-order chi connectivity index (χ1) is 16.3. The van der Waals surface area contributed by atoms with Crippen molar-refractivity contribution in [3.8, 4) is 11.1 Å². The van der Waals surface area contributed by atoms with Crippen LogP contribution in [-0.4, -0.2) is 41.8 Å². The summed E-state index contributed by atoms with van der Waals surface area (Å²) in [6.45, 7) is 1.92. The van der Waals surface area contributed by atoms with E-state index in [1.54, 1.807) is 6.92 Å². The average Bonchev–Trinajstić information content (AvgIpc) is 3.61. The van der Waals surface area contributed by atoms with Crippen LogP contribution in [0.4, 0.5) is 4.79 Å². The highest BCUT2D eigenvalue weighted by Gasteiger charge is 2.53. The van der Waals surface area contributed by atoms with Gasteiger partial charge in [0.15, 0.2) is 0 Å². The average molecular weight is 463 g/mol. The van der Waals surface area contributed by atoms with Crippen LogP contribution in [0.5, 0.6) is 0 Å². The van der Waals surface area contributed by atoms with Gasteiger partial charge in [0, 0.05) is 12.5 Å². The molecule has 178 valence electrons. The molecule has 0 radical (unpaired) electrons. The van der Waals surface area contributed by atoms with E-state index in [0.29, 0.717) is 12.8 Å². The minimum Gasteiger partial charge on any atom is -0.480 e. The summed E-state index contributed by atoms with van der Waals surface area (Å²) in [5.41, 5.74) is 2.56. The monoisotopic (exact) mass is 462 g/mol. The molecular weight excluding hydrogens is 432 g/mol. The number of alkyl carbamates (subject to hydrolysis) is 1. The van der Waals surface area contributed by atoms with Gasteiger partial charge in [0.25, 0.3) is 0 Å². The van der Waals surface area contributed by atoms with E-state index in [0.717, 1.165) is 41.5 Å². The van der Waals surface area contributed by atoms with Gasteiger partial charge >= 0.3 is 12.1 Å². The van der Waals surface area contributed by atoms with Gasteiger partial charge in [0.05, 0.1) is 5.41 Å². The number of nitrogens with one attached hydrogen (secondary N) is 2. The highest BCUT2D eigenvalue weighted by atomic mass is 16.5. The molecule has 7 nitrogen and oxygen atoms in total. The number of aliphatic carboxylic acids is 1. The fraction of sp³-hybridized carbons (Fsp3) is 0.444. The molecule has 2 amide bonds. The Bertz CT molecular complexity index is 1090. The van der Waals surface area contributed by atoms with Crippen molar-refractivity contribution in [1.82, 2.24) is 10.6 Å². The zero-order valence-electron chi connectivity index (χ0n) is 19.3. The van der Waals surface area contributed by atoms with Gasteiger partial charge in [-0.15, -0.1) is 0 Å². The van der Waals surface area contributed by atoms with Crippen molar-refractivity contribution in [3.05, 3.63) is 59.7 Å². The second-order valence-corrected chi connectivity index (χ2v) is 10.0. The number of fused-ring (bicyclic) bond motifs is 3. The number of carbonyl (C=O) groups is 3. The number of amides is 2. The largest absolute Gasteiger partial charge is 0.480 e. The number of ether oxygens (including phenoxy) is 1. The van der Waals surface area contributed by atoms with Crippen LogP contribution < -0.4 is 10.6 Å². The van der Waals surface area contributed by atoms with E-state index in [2.05, 4.69) is 34.9 Å². The molecule has 0 spiro atoms. The number of benzene rings is 2. The zero-order valence-corrected chi connectivity index (χ0v) is 19.3. The Morgan fingerprint density at radius 1 is 1.03 bits per heavy atom. The second-order valence-electron chi connectivity index (χ2n) is 10.0. The Hall–Kier alpha value is -3.35. The quantitative estimate of drug-likeness (QED) is 0.549. The predicted octanol–water partition coefficient (Wildman–Crippen LogP) is 4.06. The molecule has 0 saturated heterocycles. The third kappa shape index (κ3) is 3.83. The van der Waals surface area contributed by atoms with Crippen LogP contribution >= 0.6 is 0 Å². The van der Waals surface area contributed by atoms with E-state index in [4.69, 9.17) is 4.74 Å². The van der Waals surface area contributed by atoms with Crippen LogP contribution in [0.25, 0.3) is 11.1 Å². The normalized spacial score (nSPS) is 19.7. The topological polar surface area (TPSA) is 105 Å². The first kappa shape index (κ1) is 22.4. The lowest BCUT2D eigenvalue weighted by Crippen LogP contribution is -2.61. The Kier molecular flexibility index (Phi) is 5.58. The molecule has 3 N–H and O–H groups in total. The summed E-state index contributed by atoms with van der Waals surface area (Å²) in [5.74, 6) is -1.38. The third-order valence-electron chi connectivity index (χ3n) is 7.92. The summed E-state index contributed by atoms with van der Waals surface area (Å²) >= 11 is 0. The molecule has 1 unspecified atom stereocenters. The Morgan fingerprint density at radius 2 is 1.62 bits per heavy atom. The van der Waals surface area contributed by atoms with E-state index in [9.17, 15) is 19.5 Å². The third-order valence-corrected chi connectivity index (χ3v) is 7.92. The molecule has 2 saturated carbocycles. The summed E-state index contributed by atoms with van der Waals surface area (Å²) in [6.07, 6.45) is 3.13. The molecule has 34 heavy (non-hydrogen) atoms. The van der Waals surface area contributed by atoms with E-state index in [1.807, 2.05) is 24.3 Å².